The molecule has 0 saturated heterocycles. The van der Waals surface area contributed by atoms with Gasteiger partial charge in [0.1, 0.15) is 5.78 Å². The Kier molecular flexibility index (Phi) is 7.18. The number of hydrogen-bond acceptors (Lipinski definition) is 4. The van der Waals surface area contributed by atoms with Crippen LogP contribution < -0.4 is 15.7 Å². The smallest absolute Gasteiger partial charge is 0.308 e. The maximum Gasteiger partial charge on any atom is 0.347 e. The normalized spacial score (nSPS) is 13.6. The first-order valence-corrected chi connectivity index (χ1v) is 11.7. The van der Waals surface area contributed by atoms with Crippen LogP contribution in [-0.4, -0.2) is 19.0 Å². The zero-order valence-corrected chi connectivity index (χ0v) is 16.6. The van der Waals surface area contributed by atoms with Gasteiger partial charge in [0, 0.05) is 10.6 Å². The van der Waals surface area contributed by atoms with Gasteiger partial charge < -0.3 is 9.05 Å². The van der Waals surface area contributed by atoms with E-state index < -0.39 is 20.7 Å². The fourth-order valence-electron chi connectivity index (χ4n) is 2.53. The fourth-order valence-corrected chi connectivity index (χ4v) is 7.13. The molecule has 0 amide bonds. The maximum atomic E-state index is 13.9. The van der Waals surface area contributed by atoms with Crippen molar-refractivity contribution in [1.82, 2.24) is 5.09 Å². The lowest BCUT2D eigenvalue weighted by Gasteiger charge is -2.29. The van der Waals surface area contributed by atoms with Gasteiger partial charge in [-0.1, -0.05) is 36.4 Å². The summed E-state index contributed by atoms with van der Waals surface area (Å²) < 4.78 is 37.8. The van der Waals surface area contributed by atoms with Crippen molar-refractivity contribution in [1.29, 1.82) is 0 Å². The average molecular weight is 381 g/mol. The molecule has 5 nitrogen and oxygen atoms in total. The van der Waals surface area contributed by atoms with Crippen LogP contribution >= 0.6 is 14.9 Å². The van der Waals surface area contributed by atoms with Crippen LogP contribution in [0.1, 0.15) is 20.8 Å². The van der Waals surface area contributed by atoms with E-state index in [0.29, 0.717) is 10.6 Å². The zero-order valence-electron chi connectivity index (χ0n) is 14.8. The molecule has 2 rings (SSSR count). The van der Waals surface area contributed by atoms with Crippen molar-refractivity contribution in [2.24, 2.45) is 0 Å². The van der Waals surface area contributed by atoms with Gasteiger partial charge in [-0.05, 0) is 45.0 Å². The molecule has 0 spiro atoms. The standard InChI is InChI=1S/C18H25NO4P2/c1-4-22-25(21,23-5-2)16(3)19-24(20,17-12-8-6-9-13-17)18-14-10-7-11-15-18/h6-16H,4-5H2,1-3H3,(H,19,20). The van der Waals surface area contributed by atoms with Gasteiger partial charge in [0.2, 0.25) is 7.29 Å². The number of rotatable bonds is 9. The highest BCUT2D eigenvalue weighted by Crippen LogP contribution is 2.55. The number of nitrogens with one attached hydrogen (secondary N) is 1. The van der Waals surface area contributed by atoms with Gasteiger partial charge in [0.05, 0.1) is 13.2 Å². The summed E-state index contributed by atoms with van der Waals surface area (Å²) in [4.78, 5) is 0. The second-order valence-corrected chi connectivity index (χ2v) is 10.3. The Morgan fingerprint density at radius 2 is 1.24 bits per heavy atom. The van der Waals surface area contributed by atoms with Gasteiger partial charge in [-0.15, -0.1) is 0 Å². The third kappa shape index (κ3) is 4.69. The van der Waals surface area contributed by atoms with Crippen LogP contribution in [0.3, 0.4) is 0 Å². The summed E-state index contributed by atoms with van der Waals surface area (Å²) in [5.41, 5.74) is 0. The molecule has 0 aliphatic rings. The Morgan fingerprint density at radius 1 is 0.840 bits per heavy atom. The van der Waals surface area contributed by atoms with E-state index in [2.05, 4.69) is 5.09 Å². The Morgan fingerprint density at radius 3 is 1.60 bits per heavy atom. The molecule has 0 bridgehead atoms. The Labute approximate surface area is 149 Å². The van der Waals surface area contributed by atoms with Crippen molar-refractivity contribution in [3.8, 4) is 0 Å². The van der Waals surface area contributed by atoms with Crippen LogP contribution in [0.15, 0.2) is 60.7 Å². The van der Waals surface area contributed by atoms with Gasteiger partial charge in [-0.2, -0.15) is 0 Å². The summed E-state index contributed by atoms with van der Waals surface area (Å²) in [7, 11) is -6.64. The summed E-state index contributed by atoms with van der Waals surface area (Å²) in [6, 6.07) is 18.3. The van der Waals surface area contributed by atoms with E-state index in [1.165, 1.54) is 0 Å². The predicted octanol–water partition coefficient (Wildman–Crippen LogP) is 4.12. The largest absolute Gasteiger partial charge is 0.347 e. The first-order chi connectivity index (χ1) is 12.0. The predicted molar refractivity (Wildman–Crippen MR) is 103 cm³/mol. The highest BCUT2D eigenvalue weighted by Gasteiger charge is 2.38. The topological polar surface area (TPSA) is 64.6 Å². The van der Waals surface area contributed by atoms with Crippen molar-refractivity contribution in [3.63, 3.8) is 0 Å². The zero-order chi connectivity index (χ0) is 18.3. The van der Waals surface area contributed by atoms with E-state index in [0.717, 1.165) is 0 Å². The number of hydrogen-bond donors (Lipinski definition) is 1. The highest BCUT2D eigenvalue weighted by atomic mass is 31.2. The van der Waals surface area contributed by atoms with Crippen molar-refractivity contribution in [2.45, 2.75) is 26.6 Å². The Bertz CT molecular complexity index is 699. The fraction of sp³-hybridized carbons (Fsp3) is 0.333. The second kappa shape index (κ2) is 8.93. The van der Waals surface area contributed by atoms with E-state index in [-0.39, 0.29) is 13.2 Å². The average Bonchev–Trinajstić information content (AvgIpc) is 2.63. The molecule has 1 unspecified atom stereocenters. The minimum absolute atomic E-state index is 0.254. The highest BCUT2D eigenvalue weighted by molar-refractivity contribution is 7.77. The molecule has 0 aromatic heterocycles. The molecule has 2 aromatic carbocycles. The van der Waals surface area contributed by atoms with Crippen LogP contribution in [0, 0.1) is 0 Å². The summed E-state index contributed by atoms with van der Waals surface area (Å²) >= 11 is 0. The van der Waals surface area contributed by atoms with Gasteiger partial charge in [-0.3, -0.25) is 9.13 Å². The lowest BCUT2D eigenvalue weighted by molar-refractivity contribution is 0.212. The molecular weight excluding hydrogens is 356 g/mol. The monoisotopic (exact) mass is 381 g/mol. The quantitative estimate of drug-likeness (QED) is 0.662. The molecule has 0 saturated carbocycles. The van der Waals surface area contributed by atoms with Gasteiger partial charge in [0.25, 0.3) is 0 Å². The molecule has 0 aliphatic carbocycles. The van der Waals surface area contributed by atoms with E-state index in [4.69, 9.17) is 9.05 Å². The summed E-state index contributed by atoms with van der Waals surface area (Å²) in [6.45, 7) is 5.71. The molecule has 1 N–H and O–H groups in total. The van der Waals surface area contributed by atoms with Crippen LogP contribution in [0.4, 0.5) is 0 Å². The van der Waals surface area contributed by atoms with Crippen LogP contribution in [0.2, 0.25) is 0 Å². The maximum absolute atomic E-state index is 13.9. The minimum atomic E-state index is -3.43. The molecule has 1 atom stereocenters. The Balaban J connectivity index is 2.44. The number of benzene rings is 2. The summed E-state index contributed by atoms with van der Waals surface area (Å²) in [6.07, 6.45) is 0. The first kappa shape index (κ1) is 20.1. The third-order valence-electron chi connectivity index (χ3n) is 3.70. The molecular formula is C18H25NO4P2. The Hall–Kier alpha value is -1.22. The van der Waals surface area contributed by atoms with Gasteiger partial charge >= 0.3 is 7.60 Å². The first-order valence-electron chi connectivity index (χ1n) is 8.34. The SMILES string of the molecule is CCOP(=O)(OCC)C(C)NP(=O)(c1ccccc1)c1ccccc1. The van der Waals surface area contributed by atoms with Gasteiger partial charge in [-0.25, -0.2) is 5.09 Å². The molecule has 25 heavy (non-hydrogen) atoms. The second-order valence-electron chi connectivity index (χ2n) is 5.46. The van der Waals surface area contributed by atoms with Gasteiger partial charge in [0.15, 0.2) is 0 Å². The van der Waals surface area contributed by atoms with Crippen LogP contribution in [-0.2, 0) is 18.2 Å². The van der Waals surface area contributed by atoms with E-state index in [1.54, 1.807) is 45.0 Å². The van der Waals surface area contributed by atoms with Crippen LogP contribution in [0.5, 0.6) is 0 Å². The summed E-state index contributed by atoms with van der Waals surface area (Å²) in [5.74, 6) is -0.723. The molecule has 0 fully saturated rings. The molecule has 0 heterocycles. The minimum Gasteiger partial charge on any atom is -0.308 e. The van der Waals surface area contributed by atoms with Crippen molar-refractivity contribution in [3.05, 3.63) is 60.7 Å². The van der Waals surface area contributed by atoms with E-state index in [9.17, 15) is 9.13 Å². The third-order valence-corrected chi connectivity index (χ3v) is 9.02. The molecule has 7 heteroatoms. The summed E-state index contributed by atoms with van der Waals surface area (Å²) in [5, 5.41) is 4.37. The van der Waals surface area contributed by atoms with Crippen LogP contribution in [0.25, 0.3) is 0 Å². The van der Waals surface area contributed by atoms with Crippen molar-refractivity contribution < 1.29 is 18.2 Å². The lowest BCUT2D eigenvalue weighted by Crippen LogP contribution is -2.34. The van der Waals surface area contributed by atoms with E-state index in [1.807, 2.05) is 36.4 Å². The molecule has 0 aliphatic heterocycles. The lowest BCUT2D eigenvalue weighted by atomic mass is 10.4. The van der Waals surface area contributed by atoms with E-state index >= 15 is 0 Å². The molecule has 0 radical (unpaired) electrons. The molecule has 2 aromatic rings. The molecule has 136 valence electrons. The van der Waals surface area contributed by atoms with Crippen molar-refractivity contribution >= 4 is 25.5 Å². The van der Waals surface area contributed by atoms with Crippen molar-refractivity contribution in [2.75, 3.05) is 13.2 Å².